The van der Waals surface area contributed by atoms with Gasteiger partial charge in [-0.25, -0.2) is 0 Å². The van der Waals surface area contributed by atoms with Gasteiger partial charge in [0.05, 0.1) is 5.02 Å². The van der Waals surface area contributed by atoms with Crippen LogP contribution in [0.25, 0.3) is 0 Å². The van der Waals surface area contributed by atoms with Crippen LogP contribution in [-0.2, 0) is 16.0 Å². The van der Waals surface area contributed by atoms with E-state index in [1.54, 1.807) is 18.5 Å². The van der Waals surface area contributed by atoms with Gasteiger partial charge >= 0.3 is 0 Å². The number of carbonyl (C=O) groups is 2. The highest BCUT2D eigenvalue weighted by atomic mass is 35.5. The highest BCUT2D eigenvalue weighted by Crippen LogP contribution is 2.17. The van der Waals surface area contributed by atoms with Gasteiger partial charge in [-0.15, -0.1) is 0 Å². The van der Waals surface area contributed by atoms with E-state index >= 15 is 0 Å². The molecule has 1 fully saturated rings. The van der Waals surface area contributed by atoms with E-state index in [9.17, 15) is 14.7 Å². The standard InChI is InChI=1S/C16H22ClN3O3/c17-13-9-18-6-5-12(13)7-11(10-21)8-19-16(23)14-3-1-2-4-15(22)20-14/h5-6,9,11,14,21H,1-4,7-8,10H2,(H,19,23)(H,20,22)/t11-,14-/m1/s1. The highest BCUT2D eigenvalue weighted by Gasteiger charge is 2.23. The zero-order valence-corrected chi connectivity index (χ0v) is 13.7. The number of aliphatic hydroxyl groups is 1. The summed E-state index contributed by atoms with van der Waals surface area (Å²) in [5.41, 5.74) is 0.887. The predicted octanol–water partition coefficient (Wildman–Crippen LogP) is 1.06. The maximum absolute atomic E-state index is 12.2. The lowest BCUT2D eigenvalue weighted by Gasteiger charge is -2.19. The Kier molecular flexibility index (Phi) is 6.80. The number of halogens is 1. The van der Waals surface area contributed by atoms with E-state index in [0.717, 1.165) is 18.4 Å². The summed E-state index contributed by atoms with van der Waals surface area (Å²) < 4.78 is 0. The Morgan fingerprint density at radius 3 is 3.09 bits per heavy atom. The number of pyridine rings is 1. The number of nitrogens with zero attached hydrogens (tertiary/aromatic N) is 1. The maximum Gasteiger partial charge on any atom is 0.242 e. The van der Waals surface area contributed by atoms with E-state index < -0.39 is 6.04 Å². The first-order valence-corrected chi connectivity index (χ1v) is 8.24. The van der Waals surface area contributed by atoms with Crippen LogP contribution in [0.3, 0.4) is 0 Å². The first kappa shape index (κ1) is 17.7. The lowest BCUT2D eigenvalue weighted by Crippen LogP contribution is -2.47. The molecule has 2 atom stereocenters. The number of hydrogen-bond acceptors (Lipinski definition) is 4. The first-order chi connectivity index (χ1) is 11.1. The first-order valence-electron chi connectivity index (χ1n) is 7.86. The van der Waals surface area contributed by atoms with Crippen LogP contribution in [-0.4, -0.2) is 41.1 Å². The lowest BCUT2D eigenvalue weighted by molar-refractivity contribution is -0.128. The molecule has 0 aromatic carbocycles. The fourth-order valence-electron chi connectivity index (χ4n) is 2.62. The van der Waals surface area contributed by atoms with E-state index in [4.69, 9.17) is 11.6 Å². The van der Waals surface area contributed by atoms with Crippen LogP contribution in [0, 0.1) is 5.92 Å². The van der Waals surface area contributed by atoms with Crippen molar-refractivity contribution in [2.75, 3.05) is 13.2 Å². The minimum Gasteiger partial charge on any atom is -0.396 e. The second kappa shape index (κ2) is 8.84. The molecule has 0 unspecified atom stereocenters. The molecule has 2 rings (SSSR count). The quantitative estimate of drug-likeness (QED) is 0.722. The van der Waals surface area contributed by atoms with Crippen molar-refractivity contribution in [1.82, 2.24) is 15.6 Å². The molecule has 1 saturated heterocycles. The summed E-state index contributed by atoms with van der Waals surface area (Å²) in [7, 11) is 0. The largest absolute Gasteiger partial charge is 0.396 e. The Bertz CT molecular complexity index is 553. The van der Waals surface area contributed by atoms with Crippen molar-refractivity contribution in [2.24, 2.45) is 5.92 Å². The van der Waals surface area contributed by atoms with Crippen molar-refractivity contribution < 1.29 is 14.7 Å². The maximum atomic E-state index is 12.2. The Morgan fingerprint density at radius 1 is 1.52 bits per heavy atom. The normalized spacial score (nSPS) is 19.6. The summed E-state index contributed by atoms with van der Waals surface area (Å²) in [6, 6.07) is 1.33. The SMILES string of the molecule is O=C1CCCC[C@H](C(=O)NC[C@H](CO)Cc2ccncc2Cl)N1. The highest BCUT2D eigenvalue weighted by molar-refractivity contribution is 6.31. The molecular formula is C16H22ClN3O3. The molecule has 0 saturated carbocycles. The average molecular weight is 340 g/mol. The van der Waals surface area contributed by atoms with E-state index in [2.05, 4.69) is 15.6 Å². The summed E-state index contributed by atoms with van der Waals surface area (Å²) in [6.07, 6.45) is 6.55. The molecule has 1 aliphatic rings. The fourth-order valence-corrected chi connectivity index (χ4v) is 2.82. The summed E-state index contributed by atoms with van der Waals surface area (Å²) in [6.45, 7) is 0.274. The minimum absolute atomic E-state index is 0.0596. The lowest BCUT2D eigenvalue weighted by atomic mass is 10.0. The van der Waals surface area contributed by atoms with Crippen LogP contribution >= 0.6 is 11.6 Å². The molecule has 126 valence electrons. The van der Waals surface area contributed by atoms with Gasteiger partial charge in [0.1, 0.15) is 6.04 Å². The summed E-state index contributed by atoms with van der Waals surface area (Å²) in [5, 5.41) is 15.6. The number of nitrogens with one attached hydrogen (secondary N) is 2. The summed E-state index contributed by atoms with van der Waals surface area (Å²) in [5.74, 6) is -0.412. The second-order valence-corrected chi connectivity index (χ2v) is 6.24. The molecule has 1 aliphatic heterocycles. The van der Waals surface area contributed by atoms with Crippen LogP contribution in [0.2, 0.25) is 5.02 Å². The summed E-state index contributed by atoms with van der Waals surface area (Å²) >= 11 is 6.06. The molecule has 0 aliphatic carbocycles. The number of amides is 2. The van der Waals surface area contributed by atoms with E-state index in [-0.39, 0.29) is 24.3 Å². The molecular weight excluding hydrogens is 318 g/mol. The molecule has 1 aromatic rings. The van der Waals surface area contributed by atoms with Gasteiger partial charge in [0.25, 0.3) is 0 Å². The third kappa shape index (κ3) is 5.48. The predicted molar refractivity (Wildman–Crippen MR) is 86.9 cm³/mol. The molecule has 1 aromatic heterocycles. The zero-order valence-electron chi connectivity index (χ0n) is 12.9. The summed E-state index contributed by atoms with van der Waals surface area (Å²) in [4.78, 5) is 27.6. The molecule has 0 bridgehead atoms. The fraction of sp³-hybridized carbons (Fsp3) is 0.562. The van der Waals surface area contributed by atoms with Gasteiger partial charge in [-0.05, 0) is 30.9 Å². The van der Waals surface area contributed by atoms with E-state index in [1.165, 1.54) is 0 Å². The zero-order chi connectivity index (χ0) is 16.7. The number of hydrogen-bond donors (Lipinski definition) is 3. The molecule has 23 heavy (non-hydrogen) atoms. The van der Waals surface area contributed by atoms with Gasteiger partial charge in [-0.2, -0.15) is 0 Å². The number of aromatic nitrogens is 1. The van der Waals surface area contributed by atoms with Crippen molar-refractivity contribution in [2.45, 2.75) is 38.1 Å². The minimum atomic E-state index is -0.478. The molecule has 0 spiro atoms. The van der Waals surface area contributed by atoms with E-state index in [0.29, 0.717) is 30.8 Å². The number of carbonyl (C=O) groups excluding carboxylic acids is 2. The molecule has 3 N–H and O–H groups in total. The molecule has 6 nitrogen and oxygen atoms in total. The van der Waals surface area contributed by atoms with Gasteiger partial charge in [-0.1, -0.05) is 18.0 Å². The number of aliphatic hydroxyl groups excluding tert-OH is 1. The third-order valence-electron chi connectivity index (χ3n) is 3.99. The topological polar surface area (TPSA) is 91.3 Å². The number of rotatable bonds is 6. The van der Waals surface area contributed by atoms with Gasteiger partial charge in [0.2, 0.25) is 11.8 Å². The van der Waals surface area contributed by atoms with Gasteiger partial charge < -0.3 is 15.7 Å². The van der Waals surface area contributed by atoms with Crippen molar-refractivity contribution in [3.8, 4) is 0 Å². The van der Waals surface area contributed by atoms with Crippen LogP contribution in [0.4, 0.5) is 0 Å². The van der Waals surface area contributed by atoms with Crippen LogP contribution in [0.1, 0.15) is 31.2 Å². The van der Waals surface area contributed by atoms with Crippen molar-refractivity contribution in [1.29, 1.82) is 0 Å². The van der Waals surface area contributed by atoms with Gasteiger partial charge in [-0.3, -0.25) is 14.6 Å². The Balaban J connectivity index is 1.86. The molecule has 0 radical (unpaired) electrons. The van der Waals surface area contributed by atoms with Crippen molar-refractivity contribution in [3.63, 3.8) is 0 Å². The van der Waals surface area contributed by atoms with Crippen molar-refractivity contribution in [3.05, 3.63) is 29.0 Å². The average Bonchev–Trinajstić information content (AvgIpc) is 2.77. The van der Waals surface area contributed by atoms with E-state index in [1.807, 2.05) is 0 Å². The van der Waals surface area contributed by atoms with Crippen LogP contribution in [0.15, 0.2) is 18.5 Å². The molecule has 2 amide bonds. The Morgan fingerprint density at radius 2 is 2.35 bits per heavy atom. The molecule has 7 heteroatoms. The third-order valence-corrected chi connectivity index (χ3v) is 4.33. The van der Waals surface area contributed by atoms with Crippen LogP contribution in [0.5, 0.6) is 0 Å². The van der Waals surface area contributed by atoms with Crippen molar-refractivity contribution >= 4 is 23.4 Å². The van der Waals surface area contributed by atoms with Gasteiger partial charge in [0.15, 0.2) is 0 Å². The molecule has 2 heterocycles. The second-order valence-electron chi connectivity index (χ2n) is 5.83. The Hall–Kier alpha value is -1.66. The monoisotopic (exact) mass is 339 g/mol. The smallest absolute Gasteiger partial charge is 0.242 e. The van der Waals surface area contributed by atoms with Crippen LogP contribution < -0.4 is 10.6 Å². The van der Waals surface area contributed by atoms with Gasteiger partial charge in [0, 0.05) is 37.9 Å². The Labute approximate surface area is 140 Å².